The van der Waals surface area contributed by atoms with E-state index < -0.39 is 11.6 Å². The number of ether oxygens (including phenoxy) is 2. The summed E-state index contributed by atoms with van der Waals surface area (Å²) in [4.78, 5) is 27.8. The Bertz CT molecular complexity index is 945. The number of hydrogen-bond acceptors (Lipinski definition) is 6. The molecule has 23 heavy (non-hydrogen) atoms. The fourth-order valence-electron chi connectivity index (χ4n) is 2.24. The fourth-order valence-corrected chi connectivity index (χ4v) is 2.24. The van der Waals surface area contributed by atoms with Gasteiger partial charge in [-0.25, -0.2) is 9.78 Å². The molecular formula is C17H13NO5. The number of nitrogens with zero attached hydrogens (tertiary/aromatic N) is 1. The lowest BCUT2D eigenvalue weighted by Crippen LogP contribution is -2.06. The van der Waals surface area contributed by atoms with E-state index in [4.69, 9.17) is 13.9 Å². The van der Waals surface area contributed by atoms with Gasteiger partial charge < -0.3 is 13.9 Å². The van der Waals surface area contributed by atoms with Crippen molar-refractivity contribution in [1.29, 1.82) is 0 Å². The first-order chi connectivity index (χ1) is 11.1. The van der Waals surface area contributed by atoms with Crippen molar-refractivity contribution in [2.45, 2.75) is 6.92 Å². The quantitative estimate of drug-likeness (QED) is 0.546. The zero-order chi connectivity index (χ0) is 16.4. The lowest BCUT2D eigenvalue weighted by atomic mass is 10.2. The number of para-hydroxylation sites is 2. The molecule has 1 aromatic heterocycles. The number of aromatic nitrogens is 1. The zero-order valence-electron chi connectivity index (χ0n) is 12.5. The maximum atomic E-state index is 12.2. The Morgan fingerprint density at radius 1 is 1.09 bits per heavy atom. The van der Waals surface area contributed by atoms with E-state index in [1.807, 2.05) is 0 Å². The Labute approximate surface area is 131 Å². The van der Waals surface area contributed by atoms with Gasteiger partial charge in [0, 0.05) is 6.92 Å². The summed E-state index contributed by atoms with van der Waals surface area (Å²) < 4.78 is 15.7. The minimum absolute atomic E-state index is 0.0591. The minimum Gasteiger partial charge on any atom is -0.494 e. The first-order valence-electron chi connectivity index (χ1n) is 6.86. The monoisotopic (exact) mass is 311 g/mol. The summed E-state index contributed by atoms with van der Waals surface area (Å²) in [6.07, 6.45) is 0. The average molecular weight is 311 g/mol. The number of methoxy groups -OCH3 is 1. The van der Waals surface area contributed by atoms with Gasteiger partial charge in [0.25, 0.3) is 0 Å². The molecule has 0 N–H and O–H groups in total. The molecule has 0 saturated carbocycles. The Hall–Kier alpha value is -3.15. The molecule has 116 valence electrons. The predicted octanol–water partition coefficient (Wildman–Crippen LogP) is 2.79. The van der Waals surface area contributed by atoms with E-state index in [9.17, 15) is 9.59 Å². The van der Waals surface area contributed by atoms with E-state index >= 15 is 0 Å². The Kier molecular flexibility index (Phi) is 3.80. The molecule has 0 bridgehead atoms. The fraction of sp³-hybridized carbons (Fsp3) is 0.118. The van der Waals surface area contributed by atoms with Gasteiger partial charge in [-0.1, -0.05) is 18.2 Å². The van der Waals surface area contributed by atoms with E-state index in [1.165, 1.54) is 14.0 Å². The Balaban J connectivity index is 2.26. The average Bonchev–Trinajstić information content (AvgIpc) is 2.54. The molecule has 1 heterocycles. The Morgan fingerprint density at radius 2 is 1.83 bits per heavy atom. The van der Waals surface area contributed by atoms with Crippen LogP contribution in [0, 0.1) is 0 Å². The summed E-state index contributed by atoms with van der Waals surface area (Å²) in [5.74, 6) is 0.313. The van der Waals surface area contributed by atoms with E-state index in [2.05, 4.69) is 4.98 Å². The molecule has 0 radical (unpaired) electrons. The van der Waals surface area contributed by atoms with Crippen LogP contribution in [0.5, 0.6) is 11.5 Å². The summed E-state index contributed by atoms with van der Waals surface area (Å²) in [6.45, 7) is 1.30. The number of hydrogen-bond donors (Lipinski definition) is 0. The van der Waals surface area contributed by atoms with Gasteiger partial charge in [-0.15, -0.1) is 0 Å². The number of rotatable bonds is 3. The highest BCUT2D eigenvalue weighted by Gasteiger charge is 2.16. The van der Waals surface area contributed by atoms with Gasteiger partial charge >= 0.3 is 11.6 Å². The van der Waals surface area contributed by atoms with Crippen LogP contribution in [0.25, 0.3) is 22.4 Å². The number of carbonyl (C=O) groups excluding carboxylic acids is 1. The molecule has 0 atom stereocenters. The highest BCUT2D eigenvalue weighted by molar-refractivity contribution is 5.85. The van der Waals surface area contributed by atoms with E-state index in [-0.39, 0.29) is 11.6 Å². The summed E-state index contributed by atoms with van der Waals surface area (Å²) in [5.41, 5.74) is 0.257. The summed E-state index contributed by atoms with van der Waals surface area (Å²) >= 11 is 0. The predicted molar refractivity (Wildman–Crippen MR) is 83.6 cm³/mol. The van der Waals surface area contributed by atoms with Crippen LogP contribution < -0.4 is 15.1 Å². The molecule has 2 aromatic carbocycles. The van der Waals surface area contributed by atoms with Crippen molar-refractivity contribution in [3.8, 4) is 23.0 Å². The van der Waals surface area contributed by atoms with E-state index in [1.54, 1.807) is 42.5 Å². The molecular weight excluding hydrogens is 298 g/mol. The van der Waals surface area contributed by atoms with Crippen LogP contribution in [0.1, 0.15) is 6.92 Å². The third-order valence-electron chi connectivity index (χ3n) is 3.21. The zero-order valence-corrected chi connectivity index (χ0v) is 12.5. The summed E-state index contributed by atoms with van der Waals surface area (Å²) in [6, 6.07) is 11.7. The van der Waals surface area contributed by atoms with Crippen molar-refractivity contribution in [2.24, 2.45) is 0 Å². The van der Waals surface area contributed by atoms with Gasteiger partial charge in [-0.05, 0) is 24.3 Å². The molecule has 0 aliphatic carbocycles. The van der Waals surface area contributed by atoms with E-state index in [0.717, 1.165) is 0 Å². The van der Waals surface area contributed by atoms with Crippen LogP contribution in [0.2, 0.25) is 0 Å². The van der Waals surface area contributed by atoms with Crippen molar-refractivity contribution < 1.29 is 18.7 Å². The highest BCUT2D eigenvalue weighted by atomic mass is 16.5. The molecule has 0 aliphatic heterocycles. The highest BCUT2D eigenvalue weighted by Crippen LogP contribution is 2.30. The maximum absolute atomic E-state index is 12.2. The molecule has 6 heteroatoms. The normalized spacial score (nSPS) is 10.5. The number of carbonyl (C=O) groups is 1. The van der Waals surface area contributed by atoms with Crippen LogP contribution in [-0.4, -0.2) is 18.1 Å². The molecule has 3 aromatic rings. The van der Waals surface area contributed by atoms with Crippen LogP contribution in [0.3, 0.4) is 0 Å². The Morgan fingerprint density at radius 3 is 2.57 bits per heavy atom. The second kappa shape index (κ2) is 5.92. The number of benzene rings is 2. The molecule has 0 spiro atoms. The van der Waals surface area contributed by atoms with Crippen molar-refractivity contribution in [3.05, 3.63) is 52.9 Å². The standard InChI is InChI=1S/C17H13NO5/c1-10(19)22-13-8-4-3-6-11(13)16-18-15-12(17(20)23-16)7-5-9-14(15)21-2/h3-9H,1-2H3. The molecule has 6 nitrogen and oxygen atoms in total. The van der Waals surface area contributed by atoms with Crippen molar-refractivity contribution in [1.82, 2.24) is 4.98 Å². The van der Waals surface area contributed by atoms with Crippen molar-refractivity contribution in [3.63, 3.8) is 0 Å². The first-order valence-corrected chi connectivity index (χ1v) is 6.86. The lowest BCUT2D eigenvalue weighted by Gasteiger charge is -2.08. The summed E-state index contributed by atoms with van der Waals surface area (Å²) in [5, 5.41) is 0.318. The second-order valence-electron chi connectivity index (χ2n) is 4.75. The van der Waals surface area contributed by atoms with Crippen LogP contribution in [0.4, 0.5) is 0 Å². The molecule has 0 fully saturated rings. The van der Waals surface area contributed by atoms with Crippen molar-refractivity contribution in [2.75, 3.05) is 7.11 Å². The maximum Gasteiger partial charge on any atom is 0.347 e. The topological polar surface area (TPSA) is 78.6 Å². The van der Waals surface area contributed by atoms with Gasteiger partial charge in [0.2, 0.25) is 5.89 Å². The van der Waals surface area contributed by atoms with Crippen molar-refractivity contribution >= 4 is 16.9 Å². The first kappa shape index (κ1) is 14.8. The molecule has 0 aliphatic rings. The lowest BCUT2D eigenvalue weighted by molar-refractivity contribution is -0.131. The number of esters is 1. The second-order valence-corrected chi connectivity index (χ2v) is 4.75. The third-order valence-corrected chi connectivity index (χ3v) is 3.21. The SMILES string of the molecule is COc1cccc2c(=O)oc(-c3ccccc3OC(C)=O)nc12. The van der Waals surface area contributed by atoms with Crippen LogP contribution in [0.15, 0.2) is 51.7 Å². The number of fused-ring (bicyclic) bond motifs is 1. The van der Waals surface area contributed by atoms with E-state index in [0.29, 0.717) is 22.2 Å². The third kappa shape index (κ3) is 2.78. The van der Waals surface area contributed by atoms with Crippen LogP contribution >= 0.6 is 0 Å². The smallest absolute Gasteiger partial charge is 0.347 e. The molecule has 0 amide bonds. The molecule has 3 rings (SSSR count). The largest absolute Gasteiger partial charge is 0.494 e. The van der Waals surface area contributed by atoms with Gasteiger partial charge in [-0.2, -0.15) is 0 Å². The molecule has 0 saturated heterocycles. The molecule has 0 unspecified atom stereocenters. The minimum atomic E-state index is -0.540. The van der Waals surface area contributed by atoms with Gasteiger partial charge in [0.1, 0.15) is 17.0 Å². The van der Waals surface area contributed by atoms with Gasteiger partial charge in [0.15, 0.2) is 0 Å². The van der Waals surface area contributed by atoms with Gasteiger partial charge in [-0.3, -0.25) is 4.79 Å². The van der Waals surface area contributed by atoms with Gasteiger partial charge in [0.05, 0.1) is 18.1 Å². The van der Waals surface area contributed by atoms with Crippen LogP contribution in [-0.2, 0) is 4.79 Å². The summed E-state index contributed by atoms with van der Waals surface area (Å²) in [7, 11) is 1.50.